The van der Waals surface area contributed by atoms with Gasteiger partial charge in [-0.2, -0.15) is 15.3 Å². The number of nitrogens with zero attached hydrogens (tertiary/aromatic N) is 4. The molecule has 96 valence electrons. The Bertz CT molecular complexity index is 618. The molecular formula is C11H9FN6S. The fourth-order valence-corrected chi connectivity index (χ4v) is 1.66. The lowest BCUT2D eigenvalue weighted by molar-refractivity contribution is 0.626. The first-order valence-corrected chi connectivity index (χ1v) is 6.24. The Morgan fingerprint density at radius 2 is 2.37 bits per heavy atom. The van der Waals surface area contributed by atoms with Crippen LogP contribution in [0.15, 0.2) is 34.5 Å². The monoisotopic (exact) mass is 276 g/mol. The third kappa shape index (κ3) is 3.79. The minimum absolute atomic E-state index is 0.274. The van der Waals surface area contributed by atoms with Gasteiger partial charge in [0.05, 0.1) is 18.0 Å². The quantitative estimate of drug-likeness (QED) is 0.495. The van der Waals surface area contributed by atoms with E-state index < -0.39 is 0 Å². The van der Waals surface area contributed by atoms with Gasteiger partial charge >= 0.3 is 0 Å². The number of hydrazone groups is 1. The van der Waals surface area contributed by atoms with Crippen LogP contribution in [0, 0.1) is 17.1 Å². The number of aromatic amines is 1. The second-order valence-corrected chi connectivity index (χ2v) is 4.25. The fraction of sp³-hybridized carbons (Fsp3) is 0.0909. The Kier molecular flexibility index (Phi) is 4.47. The Morgan fingerprint density at radius 3 is 3.16 bits per heavy atom. The van der Waals surface area contributed by atoms with E-state index in [2.05, 4.69) is 25.7 Å². The predicted octanol–water partition coefficient (Wildman–Crippen LogP) is 2.01. The molecule has 2 N–H and O–H groups in total. The summed E-state index contributed by atoms with van der Waals surface area (Å²) in [6.07, 6.45) is 1.35. The molecule has 0 radical (unpaired) electrons. The van der Waals surface area contributed by atoms with Crippen molar-refractivity contribution >= 4 is 23.9 Å². The molecule has 0 aliphatic carbocycles. The summed E-state index contributed by atoms with van der Waals surface area (Å²) in [6.45, 7) is 0. The summed E-state index contributed by atoms with van der Waals surface area (Å²) in [6, 6.07) is 8.26. The number of anilines is 1. The molecular weight excluding hydrogens is 267 g/mol. The SMILES string of the molecule is N#CCSc1n[nH]c(N/N=C/c2ccccc2F)n1. The maximum absolute atomic E-state index is 13.3. The van der Waals surface area contributed by atoms with Crippen LogP contribution >= 0.6 is 11.8 Å². The highest BCUT2D eigenvalue weighted by atomic mass is 32.2. The van der Waals surface area contributed by atoms with Gasteiger partial charge in [0.25, 0.3) is 0 Å². The van der Waals surface area contributed by atoms with Gasteiger partial charge in [-0.15, -0.1) is 5.10 Å². The van der Waals surface area contributed by atoms with Crippen molar-refractivity contribution < 1.29 is 4.39 Å². The van der Waals surface area contributed by atoms with Gasteiger partial charge < -0.3 is 0 Å². The van der Waals surface area contributed by atoms with Gasteiger partial charge in [0.1, 0.15) is 5.82 Å². The van der Waals surface area contributed by atoms with Gasteiger partial charge in [-0.25, -0.2) is 14.9 Å². The third-order valence-corrected chi connectivity index (χ3v) is 2.72. The molecule has 8 heteroatoms. The van der Waals surface area contributed by atoms with Crippen molar-refractivity contribution in [2.75, 3.05) is 11.2 Å². The topological polar surface area (TPSA) is 89.8 Å². The number of benzene rings is 1. The lowest BCUT2D eigenvalue weighted by Crippen LogP contribution is -1.94. The highest BCUT2D eigenvalue weighted by Crippen LogP contribution is 2.12. The van der Waals surface area contributed by atoms with Gasteiger partial charge in [-0.1, -0.05) is 30.0 Å². The van der Waals surface area contributed by atoms with E-state index in [1.807, 2.05) is 6.07 Å². The standard InChI is InChI=1S/C11H9FN6S/c12-9-4-2-1-3-8(9)7-14-16-10-15-11(18-17-10)19-6-5-13/h1-4,7H,6H2,(H2,15,16,17,18)/b14-7+. The molecule has 2 rings (SSSR count). The maximum Gasteiger partial charge on any atom is 0.240 e. The molecule has 0 spiro atoms. The number of H-pyrrole nitrogens is 1. The second-order valence-electron chi connectivity index (χ2n) is 3.30. The molecule has 0 fully saturated rings. The van der Waals surface area contributed by atoms with Crippen molar-refractivity contribution in [3.05, 3.63) is 35.6 Å². The Balaban J connectivity index is 1.94. The Morgan fingerprint density at radius 1 is 1.53 bits per heavy atom. The molecule has 0 aliphatic heterocycles. The van der Waals surface area contributed by atoms with Crippen LogP contribution in [-0.2, 0) is 0 Å². The summed E-state index contributed by atoms with van der Waals surface area (Å²) in [4.78, 5) is 4.03. The van der Waals surface area contributed by atoms with E-state index >= 15 is 0 Å². The van der Waals surface area contributed by atoms with Gasteiger partial charge in [0, 0.05) is 5.56 Å². The minimum atomic E-state index is -0.351. The first-order valence-electron chi connectivity index (χ1n) is 5.25. The highest BCUT2D eigenvalue weighted by Gasteiger charge is 2.02. The summed E-state index contributed by atoms with van der Waals surface area (Å²) in [5.41, 5.74) is 2.96. The molecule has 0 unspecified atom stereocenters. The number of aromatic nitrogens is 3. The van der Waals surface area contributed by atoms with E-state index in [0.29, 0.717) is 16.7 Å². The minimum Gasteiger partial charge on any atom is -0.246 e. The van der Waals surface area contributed by atoms with Crippen LogP contribution in [0.2, 0.25) is 0 Å². The zero-order chi connectivity index (χ0) is 13.5. The Labute approximate surface area is 112 Å². The molecule has 0 bridgehead atoms. The van der Waals surface area contributed by atoms with Crippen molar-refractivity contribution in [2.24, 2.45) is 5.10 Å². The van der Waals surface area contributed by atoms with Crippen LogP contribution in [-0.4, -0.2) is 27.1 Å². The normalized spacial score (nSPS) is 10.5. The van der Waals surface area contributed by atoms with Crippen LogP contribution in [0.3, 0.4) is 0 Å². The summed E-state index contributed by atoms with van der Waals surface area (Å²) in [7, 11) is 0. The van der Waals surface area contributed by atoms with E-state index in [9.17, 15) is 4.39 Å². The molecule has 1 heterocycles. The first-order chi connectivity index (χ1) is 9.29. The van der Waals surface area contributed by atoms with Gasteiger partial charge in [0.2, 0.25) is 11.1 Å². The number of rotatable bonds is 5. The van der Waals surface area contributed by atoms with Crippen molar-refractivity contribution in [1.82, 2.24) is 15.2 Å². The average molecular weight is 276 g/mol. The van der Waals surface area contributed by atoms with Crippen molar-refractivity contribution in [3.63, 3.8) is 0 Å². The molecule has 0 atom stereocenters. The largest absolute Gasteiger partial charge is 0.246 e. The van der Waals surface area contributed by atoms with Crippen molar-refractivity contribution in [3.8, 4) is 6.07 Å². The third-order valence-electron chi connectivity index (χ3n) is 2.01. The molecule has 19 heavy (non-hydrogen) atoms. The van der Waals surface area contributed by atoms with E-state index in [4.69, 9.17) is 5.26 Å². The van der Waals surface area contributed by atoms with Gasteiger partial charge in [-0.05, 0) is 6.07 Å². The fourth-order valence-electron chi connectivity index (χ4n) is 1.20. The zero-order valence-electron chi connectivity index (χ0n) is 9.67. The average Bonchev–Trinajstić information content (AvgIpc) is 2.86. The number of nitriles is 1. The molecule has 0 saturated carbocycles. The number of thioether (sulfide) groups is 1. The van der Waals surface area contributed by atoms with Crippen LogP contribution in [0.4, 0.5) is 10.3 Å². The molecule has 1 aromatic heterocycles. The smallest absolute Gasteiger partial charge is 0.240 e. The predicted molar refractivity (Wildman–Crippen MR) is 70.3 cm³/mol. The van der Waals surface area contributed by atoms with E-state index in [-0.39, 0.29) is 11.6 Å². The lowest BCUT2D eigenvalue weighted by Gasteiger charge is -1.95. The maximum atomic E-state index is 13.3. The van der Waals surface area contributed by atoms with Crippen LogP contribution in [0.25, 0.3) is 0 Å². The summed E-state index contributed by atoms with van der Waals surface area (Å²) >= 11 is 1.21. The van der Waals surface area contributed by atoms with Crippen LogP contribution < -0.4 is 5.43 Å². The van der Waals surface area contributed by atoms with Crippen LogP contribution in [0.1, 0.15) is 5.56 Å². The van der Waals surface area contributed by atoms with E-state index in [1.165, 1.54) is 24.0 Å². The number of hydrogen-bond acceptors (Lipinski definition) is 6. The summed E-state index contributed by atoms with van der Waals surface area (Å²) < 4.78 is 13.3. The summed E-state index contributed by atoms with van der Waals surface area (Å²) in [5.74, 6) is 0.249. The van der Waals surface area contributed by atoms with Crippen LogP contribution in [0.5, 0.6) is 0 Å². The van der Waals surface area contributed by atoms with Crippen molar-refractivity contribution in [1.29, 1.82) is 5.26 Å². The van der Waals surface area contributed by atoms with E-state index in [1.54, 1.807) is 18.2 Å². The molecule has 6 nitrogen and oxygen atoms in total. The molecule has 1 aromatic carbocycles. The molecule has 2 aromatic rings. The van der Waals surface area contributed by atoms with E-state index in [0.717, 1.165) is 0 Å². The van der Waals surface area contributed by atoms with Gasteiger partial charge in [0.15, 0.2) is 0 Å². The van der Waals surface area contributed by atoms with Crippen molar-refractivity contribution in [2.45, 2.75) is 5.16 Å². The molecule has 0 aliphatic rings. The summed E-state index contributed by atoms with van der Waals surface area (Å²) in [5, 5.41) is 19.2. The number of nitrogens with one attached hydrogen (secondary N) is 2. The number of halogens is 1. The highest BCUT2D eigenvalue weighted by molar-refractivity contribution is 7.99. The lowest BCUT2D eigenvalue weighted by atomic mass is 10.2. The number of hydrogen-bond donors (Lipinski definition) is 2. The Hall–Kier alpha value is -2.40. The molecule has 0 saturated heterocycles. The zero-order valence-corrected chi connectivity index (χ0v) is 10.5. The second kappa shape index (κ2) is 6.51. The van der Waals surface area contributed by atoms with Gasteiger partial charge in [-0.3, -0.25) is 0 Å². The first kappa shape index (κ1) is 13.0. The molecule has 0 amide bonds.